The van der Waals surface area contributed by atoms with E-state index in [4.69, 9.17) is 4.74 Å². The lowest BCUT2D eigenvalue weighted by Crippen LogP contribution is -2.10. The number of aromatic nitrogens is 2. The lowest BCUT2D eigenvalue weighted by Gasteiger charge is -2.16. The third-order valence-electron chi connectivity index (χ3n) is 4.46. The third-order valence-corrected chi connectivity index (χ3v) is 4.46. The van der Waals surface area contributed by atoms with Gasteiger partial charge in [-0.05, 0) is 42.5 Å². The highest BCUT2D eigenvalue weighted by Crippen LogP contribution is 2.39. The minimum absolute atomic E-state index is 0.258. The SMILES string of the molecule is CCOC(=O)c1c(-c2ccccc2)[nH]c2c1CCc1cnccc1-2. The van der Waals surface area contributed by atoms with Crippen molar-refractivity contribution in [1.29, 1.82) is 0 Å². The van der Waals surface area contributed by atoms with Crippen molar-refractivity contribution in [3.63, 3.8) is 0 Å². The number of ether oxygens (including phenoxy) is 1. The van der Waals surface area contributed by atoms with Gasteiger partial charge in [0, 0.05) is 18.0 Å². The molecule has 120 valence electrons. The summed E-state index contributed by atoms with van der Waals surface area (Å²) >= 11 is 0. The van der Waals surface area contributed by atoms with Crippen LogP contribution in [0, 0.1) is 0 Å². The molecule has 0 saturated carbocycles. The summed E-state index contributed by atoms with van der Waals surface area (Å²) in [7, 11) is 0. The van der Waals surface area contributed by atoms with Crippen molar-refractivity contribution >= 4 is 5.97 Å². The molecule has 4 rings (SSSR count). The summed E-state index contributed by atoms with van der Waals surface area (Å²) < 4.78 is 5.33. The zero-order chi connectivity index (χ0) is 16.5. The number of carbonyl (C=O) groups is 1. The van der Waals surface area contributed by atoms with Crippen LogP contribution in [0.1, 0.15) is 28.4 Å². The van der Waals surface area contributed by atoms with Crippen LogP contribution >= 0.6 is 0 Å². The van der Waals surface area contributed by atoms with Crippen molar-refractivity contribution in [2.24, 2.45) is 0 Å². The molecule has 0 radical (unpaired) electrons. The van der Waals surface area contributed by atoms with E-state index in [9.17, 15) is 4.79 Å². The lowest BCUT2D eigenvalue weighted by molar-refractivity contribution is 0.0526. The number of aryl methyl sites for hydroxylation is 1. The zero-order valence-electron chi connectivity index (χ0n) is 13.5. The predicted octanol–water partition coefficient (Wildman–Crippen LogP) is 4.02. The molecule has 0 atom stereocenters. The second-order valence-electron chi connectivity index (χ2n) is 5.85. The van der Waals surface area contributed by atoms with E-state index in [1.807, 2.05) is 49.5 Å². The summed E-state index contributed by atoms with van der Waals surface area (Å²) in [5.74, 6) is -0.258. The normalized spacial score (nSPS) is 12.4. The first kappa shape index (κ1) is 14.7. The molecule has 0 aliphatic heterocycles. The fourth-order valence-electron chi connectivity index (χ4n) is 3.40. The molecule has 1 aromatic carbocycles. The van der Waals surface area contributed by atoms with E-state index in [0.717, 1.165) is 40.9 Å². The van der Waals surface area contributed by atoms with E-state index >= 15 is 0 Å². The molecule has 0 spiro atoms. The van der Waals surface area contributed by atoms with Gasteiger partial charge < -0.3 is 9.72 Å². The van der Waals surface area contributed by atoms with Crippen LogP contribution in [0.4, 0.5) is 0 Å². The Bertz CT molecular complexity index is 897. The largest absolute Gasteiger partial charge is 0.462 e. The molecule has 2 aromatic heterocycles. The standard InChI is InChI=1S/C20H18N2O2/c1-2-24-20(23)17-16-9-8-14-12-21-11-10-15(14)19(16)22-18(17)13-6-4-3-5-7-13/h3-7,10-12,22H,2,8-9H2,1H3. The summed E-state index contributed by atoms with van der Waals surface area (Å²) in [5.41, 5.74) is 6.89. The van der Waals surface area contributed by atoms with E-state index < -0.39 is 0 Å². The highest BCUT2D eigenvalue weighted by Gasteiger charge is 2.28. The average Bonchev–Trinajstić information content (AvgIpc) is 3.03. The van der Waals surface area contributed by atoms with Crippen molar-refractivity contribution in [3.8, 4) is 22.5 Å². The molecular formula is C20H18N2O2. The number of nitrogens with one attached hydrogen (secondary N) is 1. The van der Waals surface area contributed by atoms with Gasteiger partial charge in [0.25, 0.3) is 0 Å². The van der Waals surface area contributed by atoms with E-state index in [1.54, 1.807) is 6.20 Å². The summed E-state index contributed by atoms with van der Waals surface area (Å²) in [6.45, 7) is 2.20. The van der Waals surface area contributed by atoms with Crippen LogP contribution in [-0.2, 0) is 17.6 Å². The molecule has 1 N–H and O–H groups in total. The average molecular weight is 318 g/mol. The number of fused-ring (bicyclic) bond motifs is 3. The first-order chi connectivity index (χ1) is 11.8. The maximum Gasteiger partial charge on any atom is 0.340 e. The van der Waals surface area contributed by atoms with Gasteiger partial charge in [-0.1, -0.05) is 30.3 Å². The van der Waals surface area contributed by atoms with E-state index in [-0.39, 0.29) is 5.97 Å². The second kappa shape index (κ2) is 5.96. The number of carbonyl (C=O) groups excluding carboxylic acids is 1. The Morgan fingerprint density at radius 1 is 1.17 bits per heavy atom. The van der Waals surface area contributed by atoms with Crippen LogP contribution in [0.5, 0.6) is 0 Å². The van der Waals surface area contributed by atoms with Crippen molar-refractivity contribution in [2.45, 2.75) is 19.8 Å². The first-order valence-corrected chi connectivity index (χ1v) is 8.20. The Labute approximate surface area is 140 Å². The van der Waals surface area contributed by atoms with Crippen molar-refractivity contribution in [1.82, 2.24) is 9.97 Å². The molecule has 0 amide bonds. The minimum Gasteiger partial charge on any atom is -0.462 e. The number of pyridine rings is 1. The molecule has 1 aliphatic rings. The van der Waals surface area contributed by atoms with Crippen LogP contribution in [-0.4, -0.2) is 22.5 Å². The fraction of sp³-hybridized carbons (Fsp3) is 0.200. The number of nitrogens with zero attached hydrogens (tertiary/aromatic N) is 1. The number of esters is 1. The van der Waals surface area contributed by atoms with Gasteiger partial charge in [0.1, 0.15) is 0 Å². The second-order valence-corrected chi connectivity index (χ2v) is 5.85. The monoisotopic (exact) mass is 318 g/mol. The topological polar surface area (TPSA) is 55.0 Å². The molecule has 4 heteroatoms. The number of hydrogen-bond acceptors (Lipinski definition) is 3. The molecule has 0 saturated heterocycles. The van der Waals surface area contributed by atoms with Gasteiger partial charge in [-0.15, -0.1) is 0 Å². The van der Waals surface area contributed by atoms with Crippen molar-refractivity contribution in [3.05, 3.63) is 65.5 Å². The van der Waals surface area contributed by atoms with Crippen molar-refractivity contribution < 1.29 is 9.53 Å². The van der Waals surface area contributed by atoms with Gasteiger partial charge in [0.05, 0.1) is 23.6 Å². The molecule has 0 bridgehead atoms. The molecule has 4 nitrogen and oxygen atoms in total. The van der Waals surface area contributed by atoms with Crippen LogP contribution in [0.25, 0.3) is 22.5 Å². The van der Waals surface area contributed by atoms with Gasteiger partial charge in [0.2, 0.25) is 0 Å². The van der Waals surface area contributed by atoms with E-state index in [2.05, 4.69) is 9.97 Å². The number of hydrogen-bond donors (Lipinski definition) is 1. The Morgan fingerprint density at radius 2 is 2.00 bits per heavy atom. The molecule has 3 aromatic rings. The van der Waals surface area contributed by atoms with Crippen LogP contribution in [0.2, 0.25) is 0 Å². The fourth-order valence-corrected chi connectivity index (χ4v) is 3.40. The van der Waals surface area contributed by atoms with Gasteiger partial charge in [-0.3, -0.25) is 4.98 Å². The Morgan fingerprint density at radius 3 is 2.79 bits per heavy atom. The molecule has 24 heavy (non-hydrogen) atoms. The number of benzene rings is 1. The molecule has 2 heterocycles. The van der Waals surface area contributed by atoms with Crippen LogP contribution in [0.15, 0.2) is 48.8 Å². The summed E-state index contributed by atoms with van der Waals surface area (Å²) in [6.07, 6.45) is 5.40. The van der Waals surface area contributed by atoms with E-state index in [0.29, 0.717) is 12.2 Å². The Hall–Kier alpha value is -2.88. The minimum atomic E-state index is -0.258. The molecular weight excluding hydrogens is 300 g/mol. The first-order valence-electron chi connectivity index (χ1n) is 8.20. The number of aromatic amines is 1. The Kier molecular flexibility index (Phi) is 3.65. The predicted molar refractivity (Wildman–Crippen MR) is 92.8 cm³/mol. The van der Waals surface area contributed by atoms with Gasteiger partial charge in [-0.2, -0.15) is 0 Å². The van der Waals surface area contributed by atoms with Crippen LogP contribution < -0.4 is 0 Å². The number of H-pyrrole nitrogens is 1. The summed E-state index contributed by atoms with van der Waals surface area (Å²) in [5, 5.41) is 0. The van der Waals surface area contributed by atoms with Gasteiger partial charge in [0.15, 0.2) is 0 Å². The summed E-state index contributed by atoms with van der Waals surface area (Å²) in [4.78, 5) is 20.3. The Balaban J connectivity index is 1.95. The van der Waals surface area contributed by atoms with Gasteiger partial charge in [-0.25, -0.2) is 4.79 Å². The quantitative estimate of drug-likeness (QED) is 0.742. The molecule has 0 fully saturated rings. The summed E-state index contributed by atoms with van der Waals surface area (Å²) in [6, 6.07) is 11.9. The van der Waals surface area contributed by atoms with Gasteiger partial charge >= 0.3 is 5.97 Å². The zero-order valence-corrected chi connectivity index (χ0v) is 13.5. The highest BCUT2D eigenvalue weighted by atomic mass is 16.5. The van der Waals surface area contributed by atoms with Crippen molar-refractivity contribution in [2.75, 3.05) is 6.61 Å². The van der Waals surface area contributed by atoms with E-state index in [1.165, 1.54) is 5.56 Å². The number of rotatable bonds is 3. The lowest BCUT2D eigenvalue weighted by atomic mass is 9.89. The molecule has 0 unspecified atom stereocenters. The highest BCUT2D eigenvalue weighted by molar-refractivity contribution is 6.01. The maximum atomic E-state index is 12.6. The molecule has 1 aliphatic carbocycles. The third kappa shape index (κ3) is 2.31. The van der Waals surface area contributed by atoms with Crippen LogP contribution in [0.3, 0.4) is 0 Å². The maximum absolute atomic E-state index is 12.6. The smallest absolute Gasteiger partial charge is 0.340 e.